The van der Waals surface area contributed by atoms with E-state index in [4.69, 9.17) is 0 Å². The minimum Gasteiger partial charge on any atom is -0.371 e. The maximum atomic E-state index is 13.4. The summed E-state index contributed by atoms with van der Waals surface area (Å²) in [6, 6.07) is 8.21. The number of carbonyl (C=O) groups is 2. The summed E-state index contributed by atoms with van der Waals surface area (Å²) in [6.07, 6.45) is -0.0305. The van der Waals surface area contributed by atoms with Crippen molar-refractivity contribution in [2.75, 3.05) is 25.0 Å². The van der Waals surface area contributed by atoms with Gasteiger partial charge in [-0.25, -0.2) is 4.98 Å². The minimum atomic E-state index is -4.51. The molecule has 9 heteroatoms. The summed E-state index contributed by atoms with van der Waals surface area (Å²) in [5.41, 5.74) is -0.0246. The fraction of sp³-hybridized carbons (Fsp3) is 0.560. The van der Waals surface area contributed by atoms with Crippen molar-refractivity contribution < 1.29 is 22.8 Å². The van der Waals surface area contributed by atoms with E-state index in [0.717, 1.165) is 31.7 Å². The summed E-state index contributed by atoms with van der Waals surface area (Å²) in [7, 11) is 1.84. The van der Waals surface area contributed by atoms with Crippen molar-refractivity contribution in [3.05, 3.63) is 36.0 Å². The molecule has 2 fully saturated rings. The van der Waals surface area contributed by atoms with Gasteiger partial charge in [0.05, 0.1) is 5.52 Å². The Morgan fingerprint density at radius 3 is 2.32 bits per heavy atom. The Bertz CT molecular complexity index is 1040. The van der Waals surface area contributed by atoms with Gasteiger partial charge in [0.2, 0.25) is 11.8 Å². The van der Waals surface area contributed by atoms with Gasteiger partial charge in [-0.15, -0.1) is 0 Å². The van der Waals surface area contributed by atoms with E-state index in [1.165, 1.54) is 0 Å². The van der Waals surface area contributed by atoms with Crippen molar-refractivity contribution in [1.82, 2.24) is 15.2 Å². The molecule has 1 aliphatic heterocycles. The van der Waals surface area contributed by atoms with Gasteiger partial charge in [0.15, 0.2) is 0 Å². The second-order valence-electron chi connectivity index (χ2n) is 9.45. The number of halogens is 3. The molecule has 2 aliphatic rings. The number of rotatable bonds is 4. The monoisotopic (exact) mass is 476 g/mol. The molecule has 4 rings (SSSR count). The van der Waals surface area contributed by atoms with E-state index in [0.29, 0.717) is 42.5 Å². The first-order valence-electron chi connectivity index (χ1n) is 11.9. The Hall–Kier alpha value is -2.84. The van der Waals surface area contributed by atoms with E-state index in [-0.39, 0.29) is 29.8 Å². The molecule has 0 unspecified atom stereocenters. The third-order valence-corrected chi connectivity index (χ3v) is 7.27. The predicted molar refractivity (Wildman–Crippen MR) is 124 cm³/mol. The van der Waals surface area contributed by atoms with Crippen molar-refractivity contribution in [3.63, 3.8) is 0 Å². The van der Waals surface area contributed by atoms with E-state index in [9.17, 15) is 22.8 Å². The van der Waals surface area contributed by atoms with E-state index in [2.05, 4.69) is 10.3 Å². The number of benzene rings is 1. The predicted octanol–water partition coefficient (Wildman–Crippen LogP) is 4.38. The van der Waals surface area contributed by atoms with Crippen molar-refractivity contribution in [2.45, 2.75) is 63.7 Å². The molecular weight excluding hydrogens is 445 g/mol. The summed E-state index contributed by atoms with van der Waals surface area (Å²) in [5.74, 6) is 0.0283. The highest BCUT2D eigenvalue weighted by Crippen LogP contribution is 2.36. The largest absolute Gasteiger partial charge is 0.433 e. The highest BCUT2D eigenvalue weighted by Gasteiger charge is 2.35. The first-order chi connectivity index (χ1) is 16.1. The summed E-state index contributed by atoms with van der Waals surface area (Å²) < 4.78 is 40.3. The Kier molecular flexibility index (Phi) is 7.00. The third kappa shape index (κ3) is 5.28. The molecule has 0 radical (unpaired) electrons. The molecule has 34 heavy (non-hydrogen) atoms. The number of hydrogen-bond donors (Lipinski definition) is 1. The molecule has 1 aromatic heterocycles. The zero-order valence-electron chi connectivity index (χ0n) is 19.6. The van der Waals surface area contributed by atoms with Crippen molar-refractivity contribution in [1.29, 1.82) is 0 Å². The Balaban J connectivity index is 1.38. The van der Waals surface area contributed by atoms with Crippen LogP contribution >= 0.6 is 0 Å². The van der Waals surface area contributed by atoms with Crippen LogP contribution in [0.3, 0.4) is 0 Å². The zero-order valence-corrected chi connectivity index (χ0v) is 19.6. The van der Waals surface area contributed by atoms with Gasteiger partial charge in [-0.05, 0) is 50.7 Å². The van der Waals surface area contributed by atoms with Crippen molar-refractivity contribution >= 4 is 28.4 Å². The lowest BCUT2D eigenvalue weighted by molar-refractivity contribution is -0.141. The number of aromatic nitrogens is 1. The molecule has 2 heterocycles. The fourth-order valence-electron chi connectivity index (χ4n) is 5.17. The van der Waals surface area contributed by atoms with Gasteiger partial charge >= 0.3 is 6.18 Å². The molecule has 0 atom stereocenters. The second-order valence-corrected chi connectivity index (χ2v) is 9.45. The molecule has 1 saturated heterocycles. The van der Waals surface area contributed by atoms with Crippen LogP contribution in [0.15, 0.2) is 30.3 Å². The topological polar surface area (TPSA) is 65.5 Å². The number of piperidine rings is 1. The van der Waals surface area contributed by atoms with E-state index in [1.807, 2.05) is 18.0 Å². The Morgan fingerprint density at radius 1 is 1.06 bits per heavy atom. The molecule has 1 saturated carbocycles. The summed E-state index contributed by atoms with van der Waals surface area (Å²) in [4.78, 5) is 31.7. The average molecular weight is 477 g/mol. The molecule has 2 amide bonds. The lowest BCUT2D eigenvalue weighted by atomic mass is 9.88. The van der Waals surface area contributed by atoms with E-state index < -0.39 is 11.9 Å². The van der Waals surface area contributed by atoms with E-state index >= 15 is 0 Å². The van der Waals surface area contributed by atoms with Gasteiger partial charge in [0.25, 0.3) is 0 Å². The number of nitrogens with one attached hydrogen (secondary N) is 1. The lowest BCUT2D eigenvalue weighted by Crippen LogP contribution is -2.47. The molecule has 1 N–H and O–H groups in total. The summed E-state index contributed by atoms with van der Waals surface area (Å²) in [6.45, 7) is 2.78. The number of amides is 2. The van der Waals surface area contributed by atoms with Gasteiger partial charge < -0.3 is 15.1 Å². The molecule has 184 valence electrons. The van der Waals surface area contributed by atoms with Gasteiger partial charge in [0, 0.05) is 56.1 Å². The maximum Gasteiger partial charge on any atom is 0.433 e. The molecule has 1 aromatic carbocycles. The minimum absolute atomic E-state index is 0.0469. The zero-order chi connectivity index (χ0) is 24.5. The smallest absolute Gasteiger partial charge is 0.371 e. The number of fused-ring (bicyclic) bond motifs is 1. The van der Waals surface area contributed by atoms with Crippen LogP contribution in [-0.4, -0.2) is 53.9 Å². The Labute approximate surface area is 197 Å². The van der Waals surface area contributed by atoms with Gasteiger partial charge in [0.1, 0.15) is 5.69 Å². The van der Waals surface area contributed by atoms with Crippen LogP contribution in [0.4, 0.5) is 18.9 Å². The number of likely N-dealkylation sites (tertiary alicyclic amines) is 1. The first-order valence-corrected chi connectivity index (χ1v) is 11.9. The van der Waals surface area contributed by atoms with E-state index in [1.54, 1.807) is 30.0 Å². The molecule has 0 bridgehead atoms. The first kappa shape index (κ1) is 24.3. The number of anilines is 1. The van der Waals surface area contributed by atoms with Crippen molar-refractivity contribution in [3.8, 4) is 0 Å². The molecular formula is C25H31F3N4O2. The quantitative estimate of drug-likeness (QED) is 0.712. The highest BCUT2D eigenvalue weighted by molar-refractivity contribution is 5.92. The van der Waals surface area contributed by atoms with Crippen LogP contribution in [-0.2, 0) is 15.8 Å². The number of pyridine rings is 1. The Morgan fingerprint density at radius 2 is 1.71 bits per heavy atom. The SMILES string of the molecule is CC(=O)N1CCC(C(=O)NC2CCC(N(C)c3cc(C(F)(F)F)nc4ccccc34)CC2)CC1. The van der Waals surface area contributed by atoms with Gasteiger partial charge in [-0.3, -0.25) is 9.59 Å². The molecule has 0 spiro atoms. The van der Waals surface area contributed by atoms with Crippen molar-refractivity contribution in [2.24, 2.45) is 5.92 Å². The number of alkyl halides is 3. The fourth-order valence-corrected chi connectivity index (χ4v) is 5.17. The van der Waals surface area contributed by atoms with Crippen LogP contribution in [0, 0.1) is 5.92 Å². The number of nitrogens with zero attached hydrogens (tertiary/aromatic N) is 3. The van der Waals surface area contributed by atoms with Gasteiger partial charge in [-0.1, -0.05) is 18.2 Å². The number of hydrogen-bond acceptors (Lipinski definition) is 4. The summed E-state index contributed by atoms with van der Waals surface area (Å²) >= 11 is 0. The second kappa shape index (κ2) is 9.80. The highest BCUT2D eigenvalue weighted by atomic mass is 19.4. The van der Waals surface area contributed by atoms with Crippen LogP contribution in [0.5, 0.6) is 0 Å². The molecule has 2 aromatic rings. The third-order valence-electron chi connectivity index (χ3n) is 7.27. The van der Waals surface area contributed by atoms with Crippen LogP contribution < -0.4 is 10.2 Å². The van der Waals surface area contributed by atoms with Gasteiger partial charge in [-0.2, -0.15) is 13.2 Å². The molecule has 6 nitrogen and oxygen atoms in total. The lowest BCUT2D eigenvalue weighted by Gasteiger charge is -2.37. The standard InChI is InChI=1S/C25H31F3N4O2/c1-16(33)32-13-11-17(12-14-32)24(34)29-18-7-9-19(10-8-18)31(2)22-15-23(25(26,27)28)30-21-6-4-3-5-20(21)22/h3-6,15,17-19H,7-14H2,1-2H3,(H,29,34). The number of para-hydroxylation sites is 1. The normalized spacial score (nSPS) is 22.0. The van der Waals surface area contributed by atoms with Crippen LogP contribution in [0.25, 0.3) is 10.9 Å². The summed E-state index contributed by atoms with van der Waals surface area (Å²) in [5, 5.41) is 3.87. The maximum absolute atomic E-state index is 13.4. The van der Waals surface area contributed by atoms with Crippen LogP contribution in [0.2, 0.25) is 0 Å². The molecule has 1 aliphatic carbocycles. The number of carbonyl (C=O) groups excluding carboxylic acids is 2. The average Bonchev–Trinajstić information content (AvgIpc) is 2.83. The van der Waals surface area contributed by atoms with Crippen LogP contribution in [0.1, 0.15) is 51.1 Å².